The van der Waals surface area contributed by atoms with Crippen molar-refractivity contribution in [1.29, 1.82) is 0 Å². The average molecular weight is 250 g/mol. The van der Waals surface area contributed by atoms with Gasteiger partial charge in [-0.05, 0) is 29.1 Å². The quantitative estimate of drug-likeness (QED) is 0.829. The number of hydrogen-bond donors (Lipinski definition) is 1. The van der Waals surface area contributed by atoms with Crippen LogP contribution in [0.15, 0.2) is 29.4 Å². The number of hydrogen-bond acceptors (Lipinski definition) is 4. The summed E-state index contributed by atoms with van der Waals surface area (Å²) < 4.78 is 0.604. The van der Waals surface area contributed by atoms with Gasteiger partial charge in [0.25, 0.3) is 0 Å². The molecule has 4 heteroatoms. The lowest BCUT2D eigenvalue weighted by molar-refractivity contribution is 0.588. The first-order valence-electron chi connectivity index (χ1n) is 5.56. The topological polar surface area (TPSA) is 24.4 Å². The Hall–Kier alpha value is -0.610. The molecule has 16 heavy (non-hydrogen) atoms. The van der Waals surface area contributed by atoms with Crippen molar-refractivity contribution >= 4 is 29.7 Å². The van der Waals surface area contributed by atoms with Crippen molar-refractivity contribution in [2.45, 2.75) is 17.0 Å². The summed E-state index contributed by atoms with van der Waals surface area (Å²) in [6, 6.07) is 8.93. The molecule has 84 valence electrons. The van der Waals surface area contributed by atoms with Crippen LogP contribution in [0.3, 0.4) is 0 Å². The summed E-state index contributed by atoms with van der Waals surface area (Å²) in [5, 5.41) is 4.27. The molecule has 1 N–H and O–H groups in total. The lowest BCUT2D eigenvalue weighted by Gasteiger charge is -2.31. The Morgan fingerprint density at radius 3 is 2.88 bits per heavy atom. The summed E-state index contributed by atoms with van der Waals surface area (Å²) in [6.07, 6.45) is 3.26. The first-order valence-corrected chi connectivity index (χ1v) is 7.65. The van der Waals surface area contributed by atoms with Gasteiger partial charge in [-0.25, -0.2) is 0 Å². The molecule has 1 fully saturated rings. The fourth-order valence-corrected chi connectivity index (χ4v) is 5.11. The van der Waals surface area contributed by atoms with E-state index in [4.69, 9.17) is 0 Å². The fraction of sp³-hybridized carbons (Fsp3) is 0.417. The summed E-state index contributed by atoms with van der Waals surface area (Å²) in [6.45, 7) is 0. The first kappa shape index (κ1) is 10.5. The molecule has 1 saturated heterocycles. The molecule has 0 bridgehead atoms. The molecular formula is C12H14N2S2. The monoisotopic (exact) mass is 250 g/mol. The van der Waals surface area contributed by atoms with Crippen LogP contribution < -0.4 is 5.43 Å². The van der Waals surface area contributed by atoms with Crippen molar-refractivity contribution in [2.24, 2.45) is 5.10 Å². The van der Waals surface area contributed by atoms with E-state index in [1.807, 2.05) is 6.21 Å². The number of fused-ring (bicyclic) bond motifs is 1. The smallest absolute Gasteiger partial charge is 0.0905 e. The molecule has 2 aliphatic rings. The molecule has 2 heterocycles. The predicted molar refractivity (Wildman–Crippen MR) is 73.2 cm³/mol. The second-order valence-corrected chi connectivity index (χ2v) is 6.75. The number of nitrogens with zero attached hydrogens (tertiary/aromatic N) is 1. The molecular weight excluding hydrogens is 236 g/mol. The van der Waals surface area contributed by atoms with Crippen molar-refractivity contribution in [2.75, 3.05) is 11.5 Å². The van der Waals surface area contributed by atoms with Gasteiger partial charge in [-0.15, -0.1) is 23.5 Å². The molecule has 2 aliphatic heterocycles. The first-order chi connectivity index (χ1) is 7.95. The highest BCUT2D eigenvalue weighted by molar-refractivity contribution is 8.17. The Kier molecular flexibility index (Phi) is 3.11. The van der Waals surface area contributed by atoms with Gasteiger partial charge in [0.1, 0.15) is 0 Å². The zero-order valence-corrected chi connectivity index (χ0v) is 10.6. The van der Waals surface area contributed by atoms with E-state index in [-0.39, 0.29) is 0 Å². The van der Waals surface area contributed by atoms with E-state index in [9.17, 15) is 0 Å². The minimum absolute atomic E-state index is 0.372. The maximum absolute atomic E-state index is 4.27. The van der Waals surface area contributed by atoms with Gasteiger partial charge in [0.2, 0.25) is 0 Å². The molecule has 1 atom stereocenters. The minimum Gasteiger partial charge on any atom is -0.301 e. The van der Waals surface area contributed by atoms with Crippen LogP contribution in [-0.2, 0) is 0 Å². The molecule has 0 radical (unpaired) electrons. The Bertz CT molecular complexity index is 400. The Balaban J connectivity index is 1.88. The molecule has 0 aliphatic carbocycles. The maximum Gasteiger partial charge on any atom is 0.0905 e. The molecule has 0 saturated carbocycles. The van der Waals surface area contributed by atoms with E-state index in [2.05, 4.69) is 58.3 Å². The minimum atomic E-state index is 0.372. The van der Waals surface area contributed by atoms with E-state index < -0.39 is 0 Å². The third-order valence-corrected chi connectivity index (χ3v) is 5.94. The predicted octanol–water partition coefficient (Wildman–Crippen LogP) is 2.86. The van der Waals surface area contributed by atoms with Gasteiger partial charge in [-0.3, -0.25) is 0 Å². The summed E-state index contributed by atoms with van der Waals surface area (Å²) in [5.74, 6) is 2.56. The third-order valence-electron chi connectivity index (χ3n) is 2.87. The van der Waals surface area contributed by atoms with Gasteiger partial charge in [-0.1, -0.05) is 24.3 Å². The highest BCUT2D eigenvalue weighted by Gasteiger charge is 2.28. The Labute approximate surface area is 104 Å². The van der Waals surface area contributed by atoms with Gasteiger partial charge in [-0.2, -0.15) is 5.10 Å². The average Bonchev–Trinajstić information content (AvgIpc) is 2.39. The van der Waals surface area contributed by atoms with Crippen LogP contribution in [0.2, 0.25) is 0 Å². The Morgan fingerprint density at radius 1 is 1.19 bits per heavy atom. The van der Waals surface area contributed by atoms with Crippen LogP contribution in [0, 0.1) is 0 Å². The number of rotatable bonds is 1. The second-order valence-electron chi connectivity index (χ2n) is 3.96. The molecule has 1 aromatic rings. The lowest BCUT2D eigenvalue weighted by Crippen LogP contribution is -2.30. The summed E-state index contributed by atoms with van der Waals surface area (Å²) in [5.41, 5.74) is 5.93. The summed E-state index contributed by atoms with van der Waals surface area (Å²) in [7, 11) is 0. The third kappa shape index (κ3) is 1.96. The normalized spacial score (nSPS) is 24.9. The van der Waals surface area contributed by atoms with Crippen molar-refractivity contribution in [3.8, 4) is 0 Å². The van der Waals surface area contributed by atoms with E-state index in [0.29, 0.717) is 10.6 Å². The van der Waals surface area contributed by atoms with Crippen LogP contribution in [0.4, 0.5) is 0 Å². The number of benzene rings is 1. The van der Waals surface area contributed by atoms with Crippen LogP contribution in [0.5, 0.6) is 0 Å². The van der Waals surface area contributed by atoms with Gasteiger partial charge >= 0.3 is 0 Å². The number of thioether (sulfide) groups is 2. The van der Waals surface area contributed by atoms with Gasteiger partial charge in [0.15, 0.2) is 0 Å². The van der Waals surface area contributed by atoms with E-state index >= 15 is 0 Å². The van der Waals surface area contributed by atoms with Crippen molar-refractivity contribution in [3.05, 3.63) is 35.4 Å². The molecule has 1 unspecified atom stereocenters. The zero-order valence-electron chi connectivity index (χ0n) is 8.93. The van der Waals surface area contributed by atoms with Crippen molar-refractivity contribution in [3.63, 3.8) is 0 Å². The summed E-state index contributed by atoms with van der Waals surface area (Å²) >= 11 is 4.12. The number of nitrogens with one attached hydrogen (secondary N) is 1. The van der Waals surface area contributed by atoms with Crippen LogP contribution in [0.1, 0.15) is 23.6 Å². The standard InChI is InChI=1S/C12H14N2S2/c1-2-5-10-9(4-1)8-13-14-11(10)12-15-6-3-7-16-12/h1-2,4-5,8,11-12,14H,3,6-7H2. The van der Waals surface area contributed by atoms with E-state index in [1.165, 1.54) is 29.1 Å². The van der Waals surface area contributed by atoms with Gasteiger partial charge < -0.3 is 5.43 Å². The molecule has 2 nitrogen and oxygen atoms in total. The van der Waals surface area contributed by atoms with Crippen LogP contribution in [0.25, 0.3) is 0 Å². The lowest BCUT2D eigenvalue weighted by atomic mass is 10.0. The second kappa shape index (κ2) is 4.72. The molecule has 3 rings (SSSR count). The SMILES string of the molecule is C1=NNC(C2SCCCS2)c2ccccc21. The van der Waals surface area contributed by atoms with Gasteiger partial charge in [0, 0.05) is 0 Å². The zero-order chi connectivity index (χ0) is 10.8. The molecule has 0 aromatic heterocycles. The van der Waals surface area contributed by atoms with Crippen LogP contribution >= 0.6 is 23.5 Å². The van der Waals surface area contributed by atoms with Gasteiger partial charge in [0.05, 0.1) is 16.8 Å². The largest absolute Gasteiger partial charge is 0.301 e. The Morgan fingerprint density at radius 2 is 2.00 bits per heavy atom. The maximum atomic E-state index is 4.27. The fourth-order valence-electron chi connectivity index (χ4n) is 2.07. The van der Waals surface area contributed by atoms with Crippen molar-refractivity contribution in [1.82, 2.24) is 5.43 Å². The molecule has 0 amide bonds. The van der Waals surface area contributed by atoms with E-state index in [0.717, 1.165) is 0 Å². The van der Waals surface area contributed by atoms with Crippen LogP contribution in [-0.4, -0.2) is 22.3 Å². The van der Waals surface area contributed by atoms with Crippen molar-refractivity contribution < 1.29 is 0 Å². The highest BCUT2D eigenvalue weighted by atomic mass is 32.2. The molecule has 1 aromatic carbocycles. The molecule has 0 spiro atoms. The summed E-state index contributed by atoms with van der Waals surface area (Å²) in [4.78, 5) is 0. The van der Waals surface area contributed by atoms with E-state index in [1.54, 1.807) is 0 Å². The highest BCUT2D eigenvalue weighted by Crippen LogP contribution is 2.40. The number of hydrazone groups is 1.